The molecule has 0 bridgehead atoms. The van der Waals surface area contributed by atoms with Crippen LogP contribution in [0.2, 0.25) is 0 Å². The fourth-order valence-electron chi connectivity index (χ4n) is 1.76. The molecule has 1 aromatic rings. The van der Waals surface area contributed by atoms with E-state index in [2.05, 4.69) is 47.0 Å². The molecule has 0 spiro atoms. The van der Waals surface area contributed by atoms with Crippen LogP contribution < -0.4 is 10.1 Å². The van der Waals surface area contributed by atoms with Crippen LogP contribution in [0.1, 0.15) is 27.2 Å². The summed E-state index contributed by atoms with van der Waals surface area (Å²) in [5.74, 6) is -0.0855. The number of carbonyl (C=O) groups excluding carboxylic acids is 1. The molecule has 0 saturated heterocycles. The van der Waals surface area contributed by atoms with Crippen LogP contribution >= 0.6 is 15.9 Å². The number of rotatable bonds is 8. The molecule has 0 aromatic heterocycles. The first-order valence-electron chi connectivity index (χ1n) is 7.41. The van der Waals surface area contributed by atoms with Gasteiger partial charge in [-0.25, -0.2) is 4.39 Å². The molecule has 0 saturated carbocycles. The number of carbonyl (C=O) groups is 1. The van der Waals surface area contributed by atoms with Crippen LogP contribution in [0.3, 0.4) is 0 Å². The van der Waals surface area contributed by atoms with Crippen molar-refractivity contribution in [3.63, 3.8) is 0 Å². The molecule has 0 fully saturated rings. The highest BCUT2D eigenvalue weighted by Gasteiger charge is 2.15. The van der Waals surface area contributed by atoms with E-state index in [1.807, 2.05) is 0 Å². The molecule has 0 aliphatic rings. The highest BCUT2D eigenvalue weighted by atomic mass is 79.9. The first kappa shape index (κ1) is 18.9. The van der Waals surface area contributed by atoms with Gasteiger partial charge in [-0.05, 0) is 74.9 Å². The molecule has 1 N–H and O–H groups in total. The van der Waals surface area contributed by atoms with Gasteiger partial charge in [-0.3, -0.25) is 4.79 Å². The standard InChI is InChI=1S/C16H24BrFN2O2/c1-11(2)20(4)9-5-8-19-16(21)12(3)22-15-7-6-13(18)10-14(15)17/h6-7,10-12H,5,8-9H2,1-4H3,(H,19,21)/t12-/m1/s1. The quantitative estimate of drug-likeness (QED) is 0.710. The summed E-state index contributed by atoms with van der Waals surface area (Å²) >= 11 is 3.22. The Labute approximate surface area is 140 Å². The number of ether oxygens (including phenoxy) is 1. The zero-order valence-electron chi connectivity index (χ0n) is 13.5. The van der Waals surface area contributed by atoms with Gasteiger partial charge >= 0.3 is 0 Å². The minimum Gasteiger partial charge on any atom is -0.480 e. The van der Waals surface area contributed by atoms with Crippen LogP contribution in [-0.4, -0.2) is 43.1 Å². The molecule has 0 aliphatic heterocycles. The lowest BCUT2D eigenvalue weighted by Crippen LogP contribution is -2.38. The molecule has 1 amide bonds. The van der Waals surface area contributed by atoms with Gasteiger partial charge in [0.15, 0.2) is 6.10 Å². The third kappa shape index (κ3) is 6.32. The topological polar surface area (TPSA) is 41.6 Å². The summed E-state index contributed by atoms with van der Waals surface area (Å²) < 4.78 is 19.0. The minimum absolute atomic E-state index is 0.177. The SMILES string of the molecule is CC(C)N(C)CCCNC(=O)[C@@H](C)Oc1ccc(F)cc1Br. The monoisotopic (exact) mass is 374 g/mol. The Balaban J connectivity index is 2.36. The summed E-state index contributed by atoms with van der Waals surface area (Å²) in [5, 5.41) is 2.85. The maximum Gasteiger partial charge on any atom is 0.260 e. The Morgan fingerprint density at radius 2 is 2.09 bits per heavy atom. The summed E-state index contributed by atoms with van der Waals surface area (Å²) in [4.78, 5) is 14.2. The number of benzene rings is 1. The molecule has 0 aliphatic carbocycles. The molecule has 0 unspecified atom stereocenters. The molecular weight excluding hydrogens is 351 g/mol. The van der Waals surface area contributed by atoms with E-state index in [0.29, 0.717) is 22.8 Å². The number of nitrogens with zero attached hydrogens (tertiary/aromatic N) is 1. The van der Waals surface area contributed by atoms with Gasteiger partial charge in [0.25, 0.3) is 5.91 Å². The summed E-state index contributed by atoms with van der Waals surface area (Å²) in [6, 6.07) is 4.60. The number of nitrogens with one attached hydrogen (secondary N) is 1. The molecule has 1 rings (SSSR count). The summed E-state index contributed by atoms with van der Waals surface area (Å²) in [7, 11) is 2.06. The molecule has 0 heterocycles. The van der Waals surface area contributed by atoms with Crippen LogP contribution in [0.25, 0.3) is 0 Å². The third-order valence-electron chi connectivity index (χ3n) is 3.44. The second kappa shape index (κ2) is 9.10. The smallest absolute Gasteiger partial charge is 0.260 e. The molecule has 22 heavy (non-hydrogen) atoms. The number of amides is 1. The number of hydrogen-bond acceptors (Lipinski definition) is 3. The molecule has 6 heteroatoms. The molecular formula is C16H24BrFN2O2. The first-order valence-corrected chi connectivity index (χ1v) is 8.20. The Bertz CT molecular complexity index is 497. The maximum atomic E-state index is 13.0. The maximum absolute atomic E-state index is 13.0. The fourth-order valence-corrected chi connectivity index (χ4v) is 2.20. The van der Waals surface area contributed by atoms with E-state index in [0.717, 1.165) is 13.0 Å². The number of halogens is 2. The van der Waals surface area contributed by atoms with E-state index in [4.69, 9.17) is 4.74 Å². The molecule has 1 atom stereocenters. The van der Waals surface area contributed by atoms with Crippen molar-refractivity contribution in [1.29, 1.82) is 0 Å². The summed E-state index contributed by atoms with van der Waals surface area (Å²) in [6.07, 6.45) is 0.248. The Hall–Kier alpha value is -1.14. The van der Waals surface area contributed by atoms with Crippen LogP contribution in [0.5, 0.6) is 5.75 Å². The van der Waals surface area contributed by atoms with Gasteiger partial charge in [0.2, 0.25) is 0 Å². The van der Waals surface area contributed by atoms with Crippen molar-refractivity contribution in [2.24, 2.45) is 0 Å². The molecule has 124 valence electrons. The Kier molecular flexibility index (Phi) is 7.82. The molecule has 1 aromatic carbocycles. The zero-order chi connectivity index (χ0) is 16.7. The van der Waals surface area contributed by atoms with Gasteiger partial charge in [0.05, 0.1) is 4.47 Å². The van der Waals surface area contributed by atoms with E-state index in [1.165, 1.54) is 18.2 Å². The van der Waals surface area contributed by atoms with Gasteiger partial charge < -0.3 is 15.0 Å². The van der Waals surface area contributed by atoms with Crippen LogP contribution in [0.15, 0.2) is 22.7 Å². The Morgan fingerprint density at radius 3 is 2.68 bits per heavy atom. The largest absolute Gasteiger partial charge is 0.480 e. The molecule has 4 nitrogen and oxygen atoms in total. The fraction of sp³-hybridized carbons (Fsp3) is 0.562. The predicted octanol–water partition coefficient (Wildman–Crippen LogP) is 3.20. The second-order valence-electron chi connectivity index (χ2n) is 5.55. The highest BCUT2D eigenvalue weighted by molar-refractivity contribution is 9.10. The lowest BCUT2D eigenvalue weighted by Gasteiger charge is -2.21. The minimum atomic E-state index is -0.635. The van der Waals surface area contributed by atoms with Crippen molar-refractivity contribution < 1.29 is 13.9 Å². The van der Waals surface area contributed by atoms with Crippen molar-refractivity contribution in [3.8, 4) is 5.75 Å². The van der Waals surface area contributed by atoms with Gasteiger partial charge in [-0.15, -0.1) is 0 Å². The average Bonchev–Trinajstić information content (AvgIpc) is 2.45. The Morgan fingerprint density at radius 1 is 1.41 bits per heavy atom. The van der Waals surface area contributed by atoms with E-state index in [-0.39, 0.29) is 11.7 Å². The van der Waals surface area contributed by atoms with E-state index >= 15 is 0 Å². The lowest BCUT2D eigenvalue weighted by molar-refractivity contribution is -0.127. The van der Waals surface area contributed by atoms with Crippen LogP contribution in [0, 0.1) is 5.82 Å². The van der Waals surface area contributed by atoms with Crippen molar-refractivity contribution in [3.05, 3.63) is 28.5 Å². The highest BCUT2D eigenvalue weighted by Crippen LogP contribution is 2.26. The average molecular weight is 375 g/mol. The summed E-state index contributed by atoms with van der Waals surface area (Å²) in [5.41, 5.74) is 0. The van der Waals surface area contributed by atoms with E-state index in [1.54, 1.807) is 6.92 Å². The van der Waals surface area contributed by atoms with Crippen LogP contribution in [-0.2, 0) is 4.79 Å². The van der Waals surface area contributed by atoms with Gasteiger partial charge in [0, 0.05) is 12.6 Å². The van der Waals surface area contributed by atoms with Crippen molar-refractivity contribution in [1.82, 2.24) is 10.2 Å². The van der Waals surface area contributed by atoms with Crippen LogP contribution in [0.4, 0.5) is 4.39 Å². The van der Waals surface area contributed by atoms with Gasteiger partial charge in [0.1, 0.15) is 11.6 Å². The predicted molar refractivity (Wildman–Crippen MR) is 89.6 cm³/mol. The second-order valence-corrected chi connectivity index (χ2v) is 6.41. The number of hydrogen-bond donors (Lipinski definition) is 1. The van der Waals surface area contributed by atoms with Crippen molar-refractivity contribution in [2.75, 3.05) is 20.1 Å². The van der Waals surface area contributed by atoms with Gasteiger partial charge in [-0.2, -0.15) is 0 Å². The third-order valence-corrected chi connectivity index (χ3v) is 4.05. The van der Waals surface area contributed by atoms with Crippen molar-refractivity contribution >= 4 is 21.8 Å². The van der Waals surface area contributed by atoms with Gasteiger partial charge in [-0.1, -0.05) is 0 Å². The zero-order valence-corrected chi connectivity index (χ0v) is 15.1. The lowest BCUT2D eigenvalue weighted by atomic mass is 10.3. The first-order chi connectivity index (χ1) is 10.3. The normalized spacial score (nSPS) is 12.5. The van der Waals surface area contributed by atoms with E-state index < -0.39 is 6.10 Å². The van der Waals surface area contributed by atoms with Crippen molar-refractivity contribution in [2.45, 2.75) is 39.3 Å². The summed E-state index contributed by atoms with van der Waals surface area (Å²) in [6.45, 7) is 7.47. The van der Waals surface area contributed by atoms with E-state index in [9.17, 15) is 9.18 Å². The molecule has 0 radical (unpaired) electrons.